The number of hydrogen-bond acceptors (Lipinski definition) is 2. The van der Waals surface area contributed by atoms with Crippen LogP contribution in [0.25, 0.3) is 0 Å². The number of carbonyl (C=O) groups is 1. The van der Waals surface area contributed by atoms with Crippen molar-refractivity contribution < 1.29 is 4.79 Å². The molecule has 1 atom stereocenters. The molecule has 1 N–H and O–H groups in total. The molecule has 17 heavy (non-hydrogen) atoms. The fraction of sp³-hybridized carbons (Fsp3) is 0.923. The van der Waals surface area contributed by atoms with Crippen molar-refractivity contribution in [1.82, 2.24) is 10.2 Å². The van der Waals surface area contributed by atoms with Gasteiger partial charge in [-0.3, -0.25) is 4.79 Å². The van der Waals surface area contributed by atoms with Crippen molar-refractivity contribution in [2.75, 3.05) is 19.6 Å². The second kappa shape index (κ2) is 7.22. The van der Waals surface area contributed by atoms with Crippen LogP contribution in [0.2, 0.25) is 0 Å². The number of nitrogens with zero attached hydrogens (tertiary/aromatic N) is 1. The molecular formula is C13H25ClN2O. The monoisotopic (exact) mass is 260 g/mol. The smallest absolute Gasteiger partial charge is 0.236 e. The molecule has 1 amide bonds. The first-order valence-corrected chi connectivity index (χ1v) is 6.81. The largest absolute Gasteiger partial charge is 0.339 e. The Hall–Kier alpha value is -0.280. The van der Waals surface area contributed by atoms with Crippen molar-refractivity contribution in [2.24, 2.45) is 5.92 Å². The summed E-state index contributed by atoms with van der Waals surface area (Å²) in [5, 5.41) is 3.30. The number of likely N-dealkylation sites (tertiary alicyclic amines) is 1. The molecule has 0 bridgehead atoms. The van der Waals surface area contributed by atoms with Crippen molar-refractivity contribution >= 4 is 18.3 Å². The summed E-state index contributed by atoms with van der Waals surface area (Å²) in [4.78, 5) is 14.1. The molecule has 0 spiro atoms. The average Bonchev–Trinajstić information content (AvgIpc) is 3.13. The zero-order valence-corrected chi connectivity index (χ0v) is 11.6. The number of carbonyl (C=O) groups excluding carboxylic acids is 1. The van der Waals surface area contributed by atoms with Crippen LogP contribution in [-0.2, 0) is 4.79 Å². The highest BCUT2D eigenvalue weighted by atomic mass is 35.5. The molecule has 1 aliphatic carbocycles. The summed E-state index contributed by atoms with van der Waals surface area (Å²) in [6.45, 7) is 4.75. The standard InChI is InChI=1S/C13H24N2O.ClH/c1-2-12-5-3-4-8-15(12)13(16)10-14-9-11-6-7-11;/h11-12,14H,2-10H2,1H3;1H. The van der Waals surface area contributed by atoms with Gasteiger partial charge in [-0.05, 0) is 51.0 Å². The molecule has 4 heteroatoms. The molecule has 2 aliphatic rings. The maximum absolute atomic E-state index is 12.0. The Morgan fingerprint density at radius 3 is 2.71 bits per heavy atom. The Kier molecular flexibility index (Phi) is 6.28. The Bertz CT molecular complexity index is 244. The van der Waals surface area contributed by atoms with E-state index in [0.717, 1.165) is 25.4 Å². The molecule has 0 radical (unpaired) electrons. The predicted molar refractivity (Wildman–Crippen MR) is 72.5 cm³/mol. The fourth-order valence-corrected chi connectivity index (χ4v) is 2.56. The second-order valence-corrected chi connectivity index (χ2v) is 5.22. The van der Waals surface area contributed by atoms with Gasteiger partial charge in [0.15, 0.2) is 0 Å². The fourth-order valence-electron chi connectivity index (χ4n) is 2.56. The van der Waals surface area contributed by atoms with Crippen LogP contribution in [0.4, 0.5) is 0 Å². The lowest BCUT2D eigenvalue weighted by atomic mass is 10.00. The number of piperidine rings is 1. The van der Waals surface area contributed by atoms with E-state index in [4.69, 9.17) is 0 Å². The first-order valence-electron chi connectivity index (χ1n) is 6.81. The zero-order chi connectivity index (χ0) is 11.4. The Morgan fingerprint density at radius 2 is 2.06 bits per heavy atom. The third-order valence-electron chi connectivity index (χ3n) is 3.82. The van der Waals surface area contributed by atoms with E-state index >= 15 is 0 Å². The molecule has 0 aromatic rings. The number of rotatable bonds is 5. The predicted octanol–water partition coefficient (Wildman–Crippen LogP) is 2.20. The van der Waals surface area contributed by atoms with E-state index in [1.807, 2.05) is 0 Å². The molecule has 1 unspecified atom stereocenters. The molecular weight excluding hydrogens is 236 g/mol. The van der Waals surface area contributed by atoms with Crippen LogP contribution in [-0.4, -0.2) is 36.5 Å². The summed E-state index contributed by atoms with van der Waals surface area (Å²) in [6, 6.07) is 0.504. The second-order valence-electron chi connectivity index (χ2n) is 5.22. The van der Waals surface area contributed by atoms with Crippen molar-refractivity contribution in [1.29, 1.82) is 0 Å². The lowest BCUT2D eigenvalue weighted by molar-refractivity contribution is -0.133. The van der Waals surface area contributed by atoms with Gasteiger partial charge in [0.25, 0.3) is 0 Å². The van der Waals surface area contributed by atoms with E-state index in [0.29, 0.717) is 18.5 Å². The molecule has 0 aromatic heterocycles. The van der Waals surface area contributed by atoms with Crippen molar-refractivity contribution in [2.45, 2.75) is 51.5 Å². The SMILES string of the molecule is CCC1CCCCN1C(=O)CNCC1CC1.Cl. The van der Waals surface area contributed by atoms with Crippen LogP contribution in [0.5, 0.6) is 0 Å². The van der Waals surface area contributed by atoms with Crippen LogP contribution >= 0.6 is 12.4 Å². The van der Waals surface area contributed by atoms with Crippen molar-refractivity contribution in [3.63, 3.8) is 0 Å². The third kappa shape index (κ3) is 4.47. The molecule has 2 fully saturated rings. The Morgan fingerprint density at radius 1 is 1.29 bits per heavy atom. The molecule has 1 saturated carbocycles. The summed E-state index contributed by atoms with van der Waals surface area (Å²) in [7, 11) is 0. The highest BCUT2D eigenvalue weighted by Crippen LogP contribution is 2.27. The van der Waals surface area contributed by atoms with E-state index in [9.17, 15) is 4.79 Å². The average molecular weight is 261 g/mol. The van der Waals surface area contributed by atoms with Gasteiger partial charge >= 0.3 is 0 Å². The topological polar surface area (TPSA) is 32.3 Å². The van der Waals surface area contributed by atoms with E-state index in [1.165, 1.54) is 32.1 Å². The minimum atomic E-state index is 0. The normalized spacial score (nSPS) is 24.3. The van der Waals surface area contributed by atoms with E-state index in [-0.39, 0.29) is 12.4 Å². The van der Waals surface area contributed by atoms with Gasteiger partial charge in [-0.2, -0.15) is 0 Å². The molecule has 3 nitrogen and oxygen atoms in total. The van der Waals surface area contributed by atoms with Crippen LogP contribution in [0.3, 0.4) is 0 Å². The van der Waals surface area contributed by atoms with Crippen LogP contribution < -0.4 is 5.32 Å². The zero-order valence-electron chi connectivity index (χ0n) is 10.8. The van der Waals surface area contributed by atoms with E-state index in [1.54, 1.807) is 0 Å². The van der Waals surface area contributed by atoms with E-state index in [2.05, 4.69) is 17.1 Å². The molecule has 100 valence electrons. The summed E-state index contributed by atoms with van der Waals surface area (Å²) in [5.74, 6) is 1.17. The van der Waals surface area contributed by atoms with Gasteiger partial charge < -0.3 is 10.2 Å². The van der Waals surface area contributed by atoms with Gasteiger partial charge in [0, 0.05) is 12.6 Å². The van der Waals surface area contributed by atoms with Crippen molar-refractivity contribution in [3.05, 3.63) is 0 Å². The highest BCUT2D eigenvalue weighted by Gasteiger charge is 2.25. The van der Waals surface area contributed by atoms with Gasteiger partial charge in [-0.25, -0.2) is 0 Å². The quantitative estimate of drug-likeness (QED) is 0.822. The minimum Gasteiger partial charge on any atom is -0.339 e. The molecule has 0 aromatic carbocycles. The lowest BCUT2D eigenvalue weighted by Gasteiger charge is -2.35. The number of amides is 1. The summed E-state index contributed by atoms with van der Waals surface area (Å²) in [5.41, 5.74) is 0. The third-order valence-corrected chi connectivity index (χ3v) is 3.82. The van der Waals surface area contributed by atoms with Gasteiger partial charge in [-0.15, -0.1) is 12.4 Å². The first kappa shape index (κ1) is 14.8. The van der Waals surface area contributed by atoms with Gasteiger partial charge in [0.2, 0.25) is 5.91 Å². The van der Waals surface area contributed by atoms with Crippen molar-refractivity contribution in [3.8, 4) is 0 Å². The minimum absolute atomic E-state index is 0. The van der Waals surface area contributed by atoms with Gasteiger partial charge in [0.05, 0.1) is 6.54 Å². The Labute approximate surface area is 111 Å². The summed E-state index contributed by atoms with van der Waals surface area (Å²) >= 11 is 0. The number of nitrogens with one attached hydrogen (secondary N) is 1. The van der Waals surface area contributed by atoms with Gasteiger partial charge in [-0.1, -0.05) is 6.92 Å². The molecule has 2 rings (SSSR count). The summed E-state index contributed by atoms with van der Waals surface area (Å²) < 4.78 is 0. The highest BCUT2D eigenvalue weighted by molar-refractivity contribution is 5.85. The van der Waals surface area contributed by atoms with E-state index < -0.39 is 0 Å². The number of hydrogen-bond donors (Lipinski definition) is 1. The summed E-state index contributed by atoms with van der Waals surface area (Å²) in [6.07, 6.45) is 7.48. The van der Waals surface area contributed by atoms with Crippen LogP contribution in [0.1, 0.15) is 45.4 Å². The number of halogens is 1. The molecule has 1 aliphatic heterocycles. The molecule has 1 saturated heterocycles. The maximum Gasteiger partial charge on any atom is 0.236 e. The molecule has 1 heterocycles. The lowest BCUT2D eigenvalue weighted by Crippen LogP contribution is -2.47. The Balaban J connectivity index is 0.00000144. The van der Waals surface area contributed by atoms with Crippen LogP contribution in [0, 0.1) is 5.92 Å². The maximum atomic E-state index is 12.0. The van der Waals surface area contributed by atoms with Gasteiger partial charge in [0.1, 0.15) is 0 Å². The van der Waals surface area contributed by atoms with Crippen LogP contribution in [0.15, 0.2) is 0 Å². The first-order chi connectivity index (χ1) is 7.81.